The highest BCUT2D eigenvalue weighted by molar-refractivity contribution is 5.71. The molecule has 0 amide bonds. The van der Waals surface area contributed by atoms with Crippen molar-refractivity contribution in [2.24, 2.45) is 11.8 Å². The van der Waals surface area contributed by atoms with E-state index in [0.29, 0.717) is 6.54 Å². The zero-order valence-electron chi connectivity index (χ0n) is 11.3. The number of likely N-dealkylation sites (tertiary alicyclic amines) is 1. The van der Waals surface area contributed by atoms with Crippen LogP contribution in [-0.2, 0) is 4.79 Å². The van der Waals surface area contributed by atoms with E-state index in [1.54, 1.807) is 12.1 Å². The molecule has 4 heteroatoms. The summed E-state index contributed by atoms with van der Waals surface area (Å²) >= 11 is 0. The van der Waals surface area contributed by atoms with Crippen LogP contribution in [0.3, 0.4) is 0 Å². The molecular formula is C15H20FNO2. The van der Waals surface area contributed by atoms with E-state index in [1.165, 1.54) is 6.07 Å². The maximum absolute atomic E-state index is 13.3. The van der Waals surface area contributed by atoms with Crippen LogP contribution in [0.5, 0.6) is 0 Å². The Morgan fingerprint density at radius 1 is 1.53 bits per heavy atom. The van der Waals surface area contributed by atoms with Crippen molar-refractivity contribution in [1.82, 2.24) is 4.90 Å². The van der Waals surface area contributed by atoms with E-state index in [-0.39, 0.29) is 23.7 Å². The monoisotopic (exact) mass is 265 g/mol. The Morgan fingerprint density at radius 2 is 2.26 bits per heavy atom. The van der Waals surface area contributed by atoms with E-state index in [9.17, 15) is 14.3 Å². The predicted octanol–water partition coefficient (Wildman–Crippen LogP) is 2.93. The Bertz CT molecular complexity index is 463. The summed E-state index contributed by atoms with van der Waals surface area (Å²) in [5.41, 5.74) is 0.931. The lowest BCUT2D eigenvalue weighted by Gasteiger charge is -2.27. The van der Waals surface area contributed by atoms with Crippen molar-refractivity contribution in [3.63, 3.8) is 0 Å². The first kappa shape index (κ1) is 14.0. The fourth-order valence-corrected chi connectivity index (χ4v) is 3.00. The Balaban J connectivity index is 2.18. The first-order valence-corrected chi connectivity index (χ1v) is 6.75. The minimum Gasteiger partial charge on any atom is -0.481 e. The number of carboxylic acids is 1. The molecule has 1 aliphatic rings. The Morgan fingerprint density at radius 3 is 2.79 bits per heavy atom. The van der Waals surface area contributed by atoms with Crippen LogP contribution in [0.15, 0.2) is 24.3 Å². The summed E-state index contributed by atoms with van der Waals surface area (Å²) in [7, 11) is 0. The minimum absolute atomic E-state index is 0.0995. The molecule has 104 valence electrons. The van der Waals surface area contributed by atoms with Gasteiger partial charge in [-0.25, -0.2) is 4.39 Å². The van der Waals surface area contributed by atoms with Gasteiger partial charge < -0.3 is 5.11 Å². The van der Waals surface area contributed by atoms with Crippen LogP contribution in [0.4, 0.5) is 4.39 Å². The van der Waals surface area contributed by atoms with Crippen molar-refractivity contribution < 1.29 is 14.3 Å². The summed E-state index contributed by atoms with van der Waals surface area (Å²) in [6, 6.07) is 6.70. The molecule has 1 aromatic carbocycles. The van der Waals surface area contributed by atoms with Crippen LogP contribution in [0.25, 0.3) is 0 Å². The highest BCUT2D eigenvalue weighted by Gasteiger charge is 2.37. The third kappa shape index (κ3) is 2.95. The summed E-state index contributed by atoms with van der Waals surface area (Å²) in [6.45, 7) is 5.32. The molecule has 3 unspecified atom stereocenters. The van der Waals surface area contributed by atoms with Gasteiger partial charge in [-0.3, -0.25) is 9.69 Å². The predicted molar refractivity (Wildman–Crippen MR) is 71.3 cm³/mol. The lowest BCUT2D eigenvalue weighted by Crippen LogP contribution is -2.27. The third-order valence-electron chi connectivity index (χ3n) is 4.02. The number of benzene rings is 1. The SMILES string of the molecule is CCC(c1cccc(F)c1)N1CC(C)C(C(=O)O)C1. The van der Waals surface area contributed by atoms with Crippen molar-refractivity contribution >= 4 is 5.97 Å². The number of carboxylic acid groups (broad SMARTS) is 1. The molecule has 1 heterocycles. The maximum atomic E-state index is 13.3. The van der Waals surface area contributed by atoms with Crippen molar-refractivity contribution in [1.29, 1.82) is 0 Å². The van der Waals surface area contributed by atoms with Gasteiger partial charge in [-0.15, -0.1) is 0 Å². The van der Waals surface area contributed by atoms with Crippen LogP contribution < -0.4 is 0 Å². The van der Waals surface area contributed by atoms with Crippen molar-refractivity contribution in [3.8, 4) is 0 Å². The molecule has 3 atom stereocenters. The van der Waals surface area contributed by atoms with E-state index >= 15 is 0 Å². The Hall–Kier alpha value is -1.42. The molecule has 0 aliphatic carbocycles. The number of hydrogen-bond donors (Lipinski definition) is 1. The zero-order chi connectivity index (χ0) is 14.0. The van der Waals surface area contributed by atoms with Crippen molar-refractivity contribution in [2.45, 2.75) is 26.3 Å². The smallest absolute Gasteiger partial charge is 0.308 e. The largest absolute Gasteiger partial charge is 0.481 e. The molecule has 1 aliphatic heterocycles. The Labute approximate surface area is 113 Å². The van der Waals surface area contributed by atoms with Gasteiger partial charge in [0.1, 0.15) is 5.82 Å². The lowest BCUT2D eigenvalue weighted by atomic mass is 9.99. The first-order chi connectivity index (χ1) is 9.02. The Kier molecular flexibility index (Phi) is 4.20. The molecule has 0 radical (unpaired) electrons. The van der Waals surface area contributed by atoms with E-state index in [1.807, 2.05) is 19.9 Å². The van der Waals surface area contributed by atoms with E-state index in [0.717, 1.165) is 18.5 Å². The molecule has 1 saturated heterocycles. The van der Waals surface area contributed by atoms with Crippen LogP contribution in [0, 0.1) is 17.7 Å². The first-order valence-electron chi connectivity index (χ1n) is 6.75. The lowest BCUT2D eigenvalue weighted by molar-refractivity contribution is -0.142. The molecule has 0 bridgehead atoms. The topological polar surface area (TPSA) is 40.5 Å². The van der Waals surface area contributed by atoms with Crippen LogP contribution in [-0.4, -0.2) is 29.1 Å². The van der Waals surface area contributed by atoms with E-state index < -0.39 is 5.97 Å². The normalized spacial score (nSPS) is 25.4. The fourth-order valence-electron chi connectivity index (χ4n) is 3.00. The molecule has 2 rings (SSSR count). The summed E-state index contributed by atoms with van der Waals surface area (Å²) in [6.07, 6.45) is 0.850. The summed E-state index contributed by atoms with van der Waals surface area (Å²) in [5, 5.41) is 9.18. The van der Waals surface area contributed by atoms with Gasteiger partial charge in [0.15, 0.2) is 0 Å². The third-order valence-corrected chi connectivity index (χ3v) is 4.02. The fraction of sp³-hybridized carbons (Fsp3) is 0.533. The number of rotatable bonds is 4. The van der Waals surface area contributed by atoms with Gasteiger partial charge in [0.2, 0.25) is 0 Å². The van der Waals surface area contributed by atoms with Gasteiger partial charge in [-0.1, -0.05) is 26.0 Å². The van der Waals surface area contributed by atoms with Crippen molar-refractivity contribution in [3.05, 3.63) is 35.6 Å². The summed E-state index contributed by atoms with van der Waals surface area (Å²) in [5.74, 6) is -1.15. The molecule has 1 N–H and O–H groups in total. The second kappa shape index (κ2) is 5.70. The van der Waals surface area contributed by atoms with Crippen LogP contribution >= 0.6 is 0 Å². The molecule has 3 nitrogen and oxygen atoms in total. The number of halogens is 1. The molecule has 19 heavy (non-hydrogen) atoms. The second-order valence-electron chi connectivity index (χ2n) is 5.35. The van der Waals surface area contributed by atoms with Crippen molar-refractivity contribution in [2.75, 3.05) is 13.1 Å². The van der Waals surface area contributed by atoms with Crippen LogP contribution in [0.2, 0.25) is 0 Å². The van der Waals surface area contributed by atoms with E-state index in [4.69, 9.17) is 0 Å². The zero-order valence-corrected chi connectivity index (χ0v) is 11.3. The molecule has 0 aromatic heterocycles. The van der Waals surface area contributed by atoms with Gasteiger partial charge in [-0.2, -0.15) is 0 Å². The maximum Gasteiger partial charge on any atom is 0.308 e. The van der Waals surface area contributed by atoms with Gasteiger partial charge in [0.05, 0.1) is 5.92 Å². The average Bonchev–Trinajstić information content (AvgIpc) is 2.72. The summed E-state index contributed by atoms with van der Waals surface area (Å²) in [4.78, 5) is 13.3. The minimum atomic E-state index is -0.732. The number of hydrogen-bond acceptors (Lipinski definition) is 2. The molecule has 1 aromatic rings. The number of carbonyl (C=O) groups is 1. The van der Waals surface area contributed by atoms with E-state index in [2.05, 4.69) is 4.90 Å². The average molecular weight is 265 g/mol. The number of aliphatic carboxylic acids is 1. The summed E-state index contributed by atoms with van der Waals surface area (Å²) < 4.78 is 13.3. The van der Waals surface area contributed by atoms with Gasteiger partial charge >= 0.3 is 5.97 Å². The molecule has 1 fully saturated rings. The van der Waals surface area contributed by atoms with Crippen LogP contribution in [0.1, 0.15) is 31.9 Å². The molecule has 0 spiro atoms. The van der Waals surface area contributed by atoms with Gasteiger partial charge in [-0.05, 0) is 30.0 Å². The van der Waals surface area contributed by atoms with Gasteiger partial charge in [0, 0.05) is 19.1 Å². The quantitative estimate of drug-likeness (QED) is 0.910. The molecular weight excluding hydrogens is 245 g/mol. The second-order valence-corrected chi connectivity index (χ2v) is 5.35. The number of nitrogens with zero attached hydrogens (tertiary/aromatic N) is 1. The highest BCUT2D eigenvalue weighted by atomic mass is 19.1. The molecule has 0 saturated carbocycles. The highest BCUT2D eigenvalue weighted by Crippen LogP contribution is 2.33. The standard InChI is InChI=1S/C15H20FNO2/c1-3-14(11-5-4-6-12(16)7-11)17-8-10(2)13(9-17)15(18)19/h4-7,10,13-14H,3,8-9H2,1-2H3,(H,18,19). The van der Waals surface area contributed by atoms with Gasteiger partial charge in [0.25, 0.3) is 0 Å².